The van der Waals surface area contributed by atoms with Crippen LogP contribution in [0, 0.1) is 11.6 Å². The van der Waals surface area contributed by atoms with Gasteiger partial charge in [-0.2, -0.15) is 0 Å². The van der Waals surface area contributed by atoms with Gasteiger partial charge in [0, 0.05) is 19.2 Å². The number of hydrogen-bond acceptors (Lipinski definition) is 2. The molecule has 1 fully saturated rings. The van der Waals surface area contributed by atoms with Crippen LogP contribution in [-0.4, -0.2) is 30.3 Å². The number of benzene rings is 1. The molecule has 1 aromatic carbocycles. The zero-order chi connectivity index (χ0) is 13.5. The van der Waals surface area contributed by atoms with Crippen LogP contribution in [-0.2, 0) is 15.0 Å². The number of rotatable bonds is 2. The molecular weight excluding hydrogens is 242 g/mol. The topological polar surface area (TPSA) is 63.4 Å². The number of nitrogens with two attached hydrogens (primary N) is 1. The summed E-state index contributed by atoms with van der Waals surface area (Å²) in [6.45, 7) is 0.276. The smallest absolute Gasteiger partial charge is 0.242 e. The number of carbonyl (C=O) groups excluding carboxylic acids is 2. The summed E-state index contributed by atoms with van der Waals surface area (Å²) in [7, 11) is 1.49. The molecule has 1 atom stereocenters. The number of nitrogens with zero attached hydrogens (tertiary/aromatic N) is 1. The van der Waals surface area contributed by atoms with Crippen molar-refractivity contribution in [2.45, 2.75) is 11.8 Å². The summed E-state index contributed by atoms with van der Waals surface area (Å²) < 4.78 is 27.0. The van der Waals surface area contributed by atoms with E-state index in [0.29, 0.717) is 0 Å². The second-order valence-corrected chi connectivity index (χ2v) is 4.35. The number of halogens is 2. The molecule has 0 bridgehead atoms. The Kier molecular flexibility index (Phi) is 2.80. The van der Waals surface area contributed by atoms with E-state index in [0.717, 1.165) is 6.07 Å². The molecule has 1 heterocycles. The van der Waals surface area contributed by atoms with Crippen molar-refractivity contribution in [2.75, 3.05) is 13.6 Å². The van der Waals surface area contributed by atoms with Crippen LogP contribution in [0.2, 0.25) is 0 Å². The highest BCUT2D eigenvalue weighted by molar-refractivity contribution is 6.11. The lowest BCUT2D eigenvalue weighted by Gasteiger charge is -2.24. The average Bonchev–Trinajstić information content (AvgIpc) is 2.61. The Morgan fingerprint density at radius 1 is 1.44 bits per heavy atom. The maximum absolute atomic E-state index is 13.8. The summed E-state index contributed by atoms with van der Waals surface area (Å²) >= 11 is 0. The van der Waals surface area contributed by atoms with Crippen molar-refractivity contribution in [3.63, 3.8) is 0 Å². The van der Waals surface area contributed by atoms with Crippen molar-refractivity contribution in [2.24, 2.45) is 5.73 Å². The average molecular weight is 254 g/mol. The van der Waals surface area contributed by atoms with Crippen LogP contribution in [0.4, 0.5) is 8.78 Å². The number of likely N-dealkylation sites (tertiary alicyclic amines) is 1. The van der Waals surface area contributed by atoms with E-state index in [9.17, 15) is 18.4 Å². The van der Waals surface area contributed by atoms with E-state index >= 15 is 0 Å². The van der Waals surface area contributed by atoms with Gasteiger partial charge in [-0.15, -0.1) is 0 Å². The van der Waals surface area contributed by atoms with Gasteiger partial charge in [-0.25, -0.2) is 8.78 Å². The van der Waals surface area contributed by atoms with Gasteiger partial charge in [0.15, 0.2) is 17.0 Å². The molecule has 96 valence electrons. The lowest BCUT2D eigenvalue weighted by atomic mass is 9.78. The number of primary amides is 1. The van der Waals surface area contributed by atoms with E-state index in [2.05, 4.69) is 0 Å². The fourth-order valence-electron chi connectivity index (χ4n) is 2.31. The second kappa shape index (κ2) is 4.04. The van der Waals surface area contributed by atoms with Crippen molar-refractivity contribution < 1.29 is 18.4 Å². The molecule has 0 spiro atoms. The van der Waals surface area contributed by atoms with Gasteiger partial charge in [0.25, 0.3) is 0 Å². The van der Waals surface area contributed by atoms with Gasteiger partial charge in [0.05, 0.1) is 0 Å². The summed E-state index contributed by atoms with van der Waals surface area (Å²) in [6, 6.07) is 3.40. The van der Waals surface area contributed by atoms with Gasteiger partial charge >= 0.3 is 0 Å². The molecule has 2 N–H and O–H groups in total. The highest BCUT2D eigenvalue weighted by Crippen LogP contribution is 2.37. The lowest BCUT2D eigenvalue weighted by molar-refractivity contribution is -0.138. The number of likely N-dealkylation sites (N-methyl/N-ethyl adjacent to an activating group) is 1. The van der Waals surface area contributed by atoms with Crippen LogP contribution >= 0.6 is 0 Å². The summed E-state index contributed by atoms with van der Waals surface area (Å²) in [5.74, 6) is -3.85. The normalized spacial score (nSPS) is 23.5. The van der Waals surface area contributed by atoms with Gasteiger partial charge in [-0.3, -0.25) is 9.59 Å². The van der Waals surface area contributed by atoms with Crippen LogP contribution in [0.5, 0.6) is 0 Å². The zero-order valence-electron chi connectivity index (χ0n) is 9.74. The fraction of sp³-hybridized carbons (Fsp3) is 0.333. The van der Waals surface area contributed by atoms with Crippen LogP contribution in [0.25, 0.3) is 0 Å². The first-order valence-electron chi connectivity index (χ1n) is 5.41. The van der Waals surface area contributed by atoms with E-state index < -0.39 is 28.9 Å². The molecule has 1 saturated heterocycles. The Hall–Kier alpha value is -1.98. The summed E-state index contributed by atoms with van der Waals surface area (Å²) in [4.78, 5) is 25.0. The predicted molar refractivity (Wildman–Crippen MR) is 59.5 cm³/mol. The molecule has 0 aromatic heterocycles. The van der Waals surface area contributed by atoms with Gasteiger partial charge < -0.3 is 10.6 Å². The molecule has 6 heteroatoms. The van der Waals surface area contributed by atoms with E-state index in [1.165, 1.54) is 24.1 Å². The second-order valence-electron chi connectivity index (χ2n) is 4.35. The molecule has 0 radical (unpaired) electrons. The van der Waals surface area contributed by atoms with Gasteiger partial charge in [-0.1, -0.05) is 12.1 Å². The minimum Gasteiger partial charge on any atom is -0.368 e. The molecule has 1 unspecified atom stereocenters. The molecule has 2 amide bonds. The first kappa shape index (κ1) is 12.5. The third-order valence-corrected chi connectivity index (χ3v) is 3.37. The first-order chi connectivity index (χ1) is 8.41. The minimum absolute atomic E-state index is 0.0536. The van der Waals surface area contributed by atoms with E-state index in [4.69, 9.17) is 5.73 Å². The number of amides is 2. The first-order valence-corrected chi connectivity index (χ1v) is 5.41. The van der Waals surface area contributed by atoms with Crippen LogP contribution in [0.1, 0.15) is 12.0 Å². The molecule has 0 aliphatic carbocycles. The molecule has 1 aliphatic rings. The Labute approximate surface area is 102 Å². The quantitative estimate of drug-likeness (QED) is 0.783. The van der Waals surface area contributed by atoms with Gasteiger partial charge in [0.1, 0.15) is 0 Å². The molecular formula is C12H12F2N2O2. The Morgan fingerprint density at radius 2 is 2.11 bits per heavy atom. The van der Waals surface area contributed by atoms with Gasteiger partial charge in [0.2, 0.25) is 11.8 Å². The minimum atomic E-state index is -1.79. The molecule has 1 aromatic rings. The van der Waals surface area contributed by atoms with Crippen molar-refractivity contribution in [3.8, 4) is 0 Å². The predicted octanol–water partition coefficient (Wildman–Crippen LogP) is 0.550. The van der Waals surface area contributed by atoms with E-state index in [1.807, 2.05) is 0 Å². The van der Waals surface area contributed by atoms with Crippen molar-refractivity contribution in [1.82, 2.24) is 4.90 Å². The third-order valence-electron chi connectivity index (χ3n) is 3.37. The van der Waals surface area contributed by atoms with Gasteiger partial charge in [-0.05, 0) is 12.5 Å². The molecule has 2 rings (SSSR count). The van der Waals surface area contributed by atoms with Crippen LogP contribution in [0.3, 0.4) is 0 Å². The molecule has 1 aliphatic heterocycles. The van der Waals surface area contributed by atoms with Crippen molar-refractivity contribution >= 4 is 11.8 Å². The number of carbonyl (C=O) groups is 2. The van der Waals surface area contributed by atoms with Crippen LogP contribution in [0.15, 0.2) is 18.2 Å². The largest absolute Gasteiger partial charge is 0.368 e. The van der Waals surface area contributed by atoms with Crippen LogP contribution < -0.4 is 5.73 Å². The standard InChI is InChI=1S/C12H12F2N2O2/c1-16-6-5-12(10(15)17,11(16)18)7-3-2-4-8(13)9(7)14/h2-4H,5-6H2,1H3,(H2,15,17). The highest BCUT2D eigenvalue weighted by Gasteiger charge is 2.53. The Bertz CT molecular complexity index is 533. The van der Waals surface area contributed by atoms with E-state index in [1.54, 1.807) is 0 Å². The SMILES string of the molecule is CN1CCC(C(N)=O)(c2cccc(F)c2F)C1=O. The lowest BCUT2D eigenvalue weighted by Crippen LogP contribution is -2.48. The molecule has 18 heavy (non-hydrogen) atoms. The summed E-state index contributed by atoms with van der Waals surface area (Å²) in [6.07, 6.45) is 0.0536. The zero-order valence-corrected chi connectivity index (χ0v) is 9.74. The highest BCUT2D eigenvalue weighted by atomic mass is 19.2. The number of hydrogen-bond donors (Lipinski definition) is 1. The Morgan fingerprint density at radius 3 is 2.61 bits per heavy atom. The molecule has 4 nitrogen and oxygen atoms in total. The van der Waals surface area contributed by atoms with Crippen molar-refractivity contribution in [3.05, 3.63) is 35.4 Å². The maximum atomic E-state index is 13.8. The Balaban J connectivity index is 2.67. The molecule has 0 saturated carbocycles. The summed E-state index contributed by atoms with van der Waals surface area (Å²) in [5.41, 5.74) is 3.18. The third kappa shape index (κ3) is 1.48. The van der Waals surface area contributed by atoms with Crippen molar-refractivity contribution in [1.29, 1.82) is 0 Å². The van der Waals surface area contributed by atoms with E-state index in [-0.39, 0.29) is 18.5 Å². The maximum Gasteiger partial charge on any atom is 0.242 e. The fourth-order valence-corrected chi connectivity index (χ4v) is 2.31. The monoisotopic (exact) mass is 254 g/mol. The summed E-state index contributed by atoms with van der Waals surface area (Å²) in [5, 5.41) is 0.